The number of amides is 4. The molecule has 2 rings (SSSR count). The van der Waals surface area contributed by atoms with Gasteiger partial charge in [-0.3, -0.25) is 24.5 Å². The second-order valence-corrected chi connectivity index (χ2v) is 7.79. The molecule has 1 aliphatic rings. The summed E-state index contributed by atoms with van der Waals surface area (Å²) in [7, 11) is 2.42. The van der Waals surface area contributed by atoms with Crippen molar-refractivity contribution in [2.24, 2.45) is 5.92 Å². The number of anilines is 1. The van der Waals surface area contributed by atoms with E-state index in [0.29, 0.717) is 6.42 Å². The number of ketones is 1. The molecule has 31 heavy (non-hydrogen) atoms. The smallest absolute Gasteiger partial charge is 0.411 e. The molecule has 3 atom stereocenters. The van der Waals surface area contributed by atoms with Gasteiger partial charge in [-0.2, -0.15) is 0 Å². The molecule has 0 bridgehead atoms. The Labute approximate surface area is 188 Å². The summed E-state index contributed by atoms with van der Waals surface area (Å²) in [6.45, 7) is 1.81. The number of ether oxygens (including phenoxy) is 1. The lowest BCUT2D eigenvalue weighted by atomic mass is 9.93. The fourth-order valence-corrected chi connectivity index (χ4v) is 3.52. The highest BCUT2D eigenvalue weighted by atomic mass is 35.5. The van der Waals surface area contributed by atoms with Gasteiger partial charge in [-0.25, -0.2) is 4.79 Å². The van der Waals surface area contributed by atoms with Crippen LogP contribution in [0.25, 0.3) is 0 Å². The topological polar surface area (TPSA) is 143 Å². The number of carbonyl (C=O) groups is 5. The Hall–Kier alpha value is -2.85. The fraction of sp³-hybridized carbons (Fsp3) is 0.421. The van der Waals surface area contributed by atoms with Gasteiger partial charge in [0.25, 0.3) is 11.8 Å². The maximum atomic E-state index is 13.0. The Bertz CT molecular complexity index is 923. The van der Waals surface area contributed by atoms with Gasteiger partial charge in [-0.1, -0.05) is 23.2 Å². The van der Waals surface area contributed by atoms with Gasteiger partial charge in [0.1, 0.15) is 0 Å². The number of hydrogen-bond acceptors (Lipinski definition) is 6. The van der Waals surface area contributed by atoms with Gasteiger partial charge in [0, 0.05) is 19.0 Å². The second-order valence-electron chi connectivity index (χ2n) is 6.98. The average Bonchev–Trinajstić information content (AvgIpc) is 3.05. The molecule has 1 saturated heterocycles. The molecule has 0 radical (unpaired) electrons. The number of likely N-dealkylation sites (N-methyl/N-ethyl adjacent to an activating group) is 1. The van der Waals surface area contributed by atoms with Crippen LogP contribution in [-0.4, -0.2) is 55.8 Å². The van der Waals surface area contributed by atoms with Gasteiger partial charge < -0.3 is 20.7 Å². The molecule has 0 spiro atoms. The van der Waals surface area contributed by atoms with E-state index in [1.807, 2.05) is 6.92 Å². The molecule has 1 fully saturated rings. The van der Waals surface area contributed by atoms with Crippen molar-refractivity contribution in [3.05, 3.63) is 27.7 Å². The molecule has 1 aliphatic heterocycles. The Morgan fingerprint density at radius 3 is 2.42 bits per heavy atom. The Morgan fingerprint density at radius 2 is 1.87 bits per heavy atom. The van der Waals surface area contributed by atoms with Gasteiger partial charge in [0.05, 0.1) is 34.4 Å². The molecular formula is C19H22Cl2N4O6. The lowest BCUT2D eigenvalue weighted by Crippen LogP contribution is -2.48. The SMILES string of the molecule is CNC(=O)C(=O)C(C[C@@H]1C[C@@H](C)NC1=O)NC(=O)c1cc(Cl)c(Cl)cc1NC(=O)OC. The third kappa shape index (κ3) is 6.08. The highest BCUT2D eigenvalue weighted by molar-refractivity contribution is 6.42. The molecule has 10 nitrogen and oxygen atoms in total. The summed E-state index contributed by atoms with van der Waals surface area (Å²) in [6, 6.07) is 1.08. The highest BCUT2D eigenvalue weighted by Crippen LogP contribution is 2.30. The van der Waals surface area contributed by atoms with E-state index in [1.165, 1.54) is 19.2 Å². The van der Waals surface area contributed by atoms with Crippen LogP contribution in [0.3, 0.4) is 0 Å². The summed E-state index contributed by atoms with van der Waals surface area (Å²) in [4.78, 5) is 61.1. The number of methoxy groups -OCH3 is 1. The molecule has 1 aromatic carbocycles. The minimum Gasteiger partial charge on any atom is -0.453 e. The molecule has 168 valence electrons. The molecule has 12 heteroatoms. The van der Waals surface area contributed by atoms with Crippen molar-refractivity contribution in [1.29, 1.82) is 0 Å². The van der Waals surface area contributed by atoms with Crippen LogP contribution in [0.15, 0.2) is 12.1 Å². The lowest BCUT2D eigenvalue weighted by molar-refractivity contribution is -0.139. The third-order valence-corrected chi connectivity index (χ3v) is 5.44. The summed E-state index contributed by atoms with van der Waals surface area (Å²) in [6.07, 6.45) is -0.481. The van der Waals surface area contributed by atoms with Gasteiger partial charge in [-0.15, -0.1) is 0 Å². The summed E-state index contributed by atoms with van der Waals surface area (Å²) >= 11 is 12.0. The number of Topliss-reactive ketones (excluding diaryl/α,β-unsaturated/α-hetero) is 1. The number of hydrogen-bond donors (Lipinski definition) is 4. The van der Waals surface area contributed by atoms with Crippen molar-refractivity contribution in [2.75, 3.05) is 19.5 Å². The Balaban J connectivity index is 2.33. The average molecular weight is 473 g/mol. The normalized spacial score (nSPS) is 18.5. The van der Waals surface area contributed by atoms with Gasteiger partial charge in [0.2, 0.25) is 11.7 Å². The summed E-state index contributed by atoms with van der Waals surface area (Å²) in [5, 5.41) is 9.85. The standard InChI is InChI=1S/C19H22Cl2N4O6/c1-8-4-9(16(27)23-8)5-14(15(26)18(29)22-2)24-17(28)10-6-11(20)12(21)7-13(10)25-19(30)31-3/h6-9,14H,4-5H2,1-3H3,(H,22,29)(H,23,27)(H,24,28)(H,25,30)/t8-,9+,14?/m1/s1. The quantitative estimate of drug-likeness (QED) is 0.442. The molecule has 1 unspecified atom stereocenters. The first kappa shape index (κ1) is 24.4. The van der Waals surface area contributed by atoms with Crippen molar-refractivity contribution < 1.29 is 28.7 Å². The van der Waals surface area contributed by atoms with Crippen LogP contribution in [0.5, 0.6) is 0 Å². The predicted molar refractivity (Wildman–Crippen MR) is 113 cm³/mol. The van der Waals surface area contributed by atoms with E-state index in [1.54, 1.807) is 0 Å². The molecule has 0 aromatic heterocycles. The van der Waals surface area contributed by atoms with Crippen LogP contribution in [-0.2, 0) is 19.1 Å². The van der Waals surface area contributed by atoms with E-state index in [-0.39, 0.29) is 39.7 Å². The first-order chi connectivity index (χ1) is 14.6. The second kappa shape index (κ2) is 10.5. The highest BCUT2D eigenvalue weighted by Gasteiger charge is 2.36. The maximum absolute atomic E-state index is 13.0. The number of halogens is 2. The summed E-state index contributed by atoms with van der Waals surface area (Å²) in [5.41, 5.74) is -0.129. The van der Waals surface area contributed by atoms with Crippen LogP contribution < -0.4 is 21.3 Å². The number of nitrogens with one attached hydrogen (secondary N) is 4. The number of benzene rings is 1. The fourth-order valence-electron chi connectivity index (χ4n) is 3.19. The van der Waals surface area contributed by atoms with Gasteiger partial charge in [0.15, 0.2) is 0 Å². The Morgan fingerprint density at radius 1 is 1.23 bits per heavy atom. The van der Waals surface area contributed by atoms with Crippen molar-refractivity contribution in [3.8, 4) is 0 Å². The zero-order chi connectivity index (χ0) is 23.3. The zero-order valence-electron chi connectivity index (χ0n) is 17.0. The van der Waals surface area contributed by atoms with Crippen LogP contribution in [0.1, 0.15) is 30.1 Å². The molecule has 1 heterocycles. The largest absolute Gasteiger partial charge is 0.453 e. The van der Waals surface area contributed by atoms with Gasteiger partial charge >= 0.3 is 6.09 Å². The molecule has 4 amide bonds. The van der Waals surface area contributed by atoms with Crippen molar-refractivity contribution >= 4 is 58.5 Å². The molecule has 4 N–H and O–H groups in total. The van der Waals surface area contributed by atoms with Crippen LogP contribution in [0.4, 0.5) is 10.5 Å². The monoisotopic (exact) mass is 472 g/mol. The van der Waals surface area contributed by atoms with Gasteiger partial charge in [-0.05, 0) is 31.9 Å². The summed E-state index contributed by atoms with van der Waals surface area (Å²) in [5.74, 6) is -3.46. The molecule has 0 saturated carbocycles. The van der Waals surface area contributed by atoms with Crippen molar-refractivity contribution in [3.63, 3.8) is 0 Å². The zero-order valence-corrected chi connectivity index (χ0v) is 18.5. The molecule has 0 aliphatic carbocycles. The molecule has 1 aromatic rings. The van der Waals surface area contributed by atoms with Crippen LogP contribution in [0, 0.1) is 5.92 Å². The third-order valence-electron chi connectivity index (χ3n) is 4.72. The van der Waals surface area contributed by atoms with E-state index in [2.05, 4.69) is 26.0 Å². The minimum absolute atomic E-state index is 0.0166. The van der Waals surface area contributed by atoms with Crippen LogP contribution >= 0.6 is 23.2 Å². The predicted octanol–water partition coefficient (Wildman–Crippen LogP) is 1.50. The van der Waals surface area contributed by atoms with E-state index in [9.17, 15) is 24.0 Å². The van der Waals surface area contributed by atoms with Crippen LogP contribution in [0.2, 0.25) is 10.0 Å². The molecular weight excluding hydrogens is 451 g/mol. The van der Waals surface area contributed by atoms with E-state index < -0.39 is 35.7 Å². The van der Waals surface area contributed by atoms with E-state index >= 15 is 0 Å². The maximum Gasteiger partial charge on any atom is 0.411 e. The van der Waals surface area contributed by atoms with Crippen molar-refractivity contribution in [1.82, 2.24) is 16.0 Å². The first-order valence-corrected chi connectivity index (χ1v) is 10.0. The first-order valence-electron chi connectivity index (χ1n) is 9.28. The Kier molecular flexibility index (Phi) is 8.23. The summed E-state index contributed by atoms with van der Waals surface area (Å²) < 4.78 is 4.53. The minimum atomic E-state index is -1.28. The van der Waals surface area contributed by atoms with E-state index in [4.69, 9.17) is 23.2 Å². The van der Waals surface area contributed by atoms with Crippen molar-refractivity contribution in [2.45, 2.75) is 31.8 Å². The van der Waals surface area contributed by atoms with E-state index in [0.717, 1.165) is 7.11 Å². The lowest BCUT2D eigenvalue weighted by Gasteiger charge is -2.20. The number of carbonyl (C=O) groups excluding carboxylic acids is 5. The number of rotatable bonds is 7.